The van der Waals surface area contributed by atoms with Gasteiger partial charge >= 0.3 is 0 Å². The van der Waals surface area contributed by atoms with E-state index < -0.39 is 9.84 Å². The fourth-order valence-electron chi connectivity index (χ4n) is 2.70. The van der Waals surface area contributed by atoms with Gasteiger partial charge in [0.15, 0.2) is 11.4 Å². The molecule has 4 rings (SSSR count). The molecule has 0 aromatic carbocycles. The highest BCUT2D eigenvalue weighted by molar-refractivity contribution is 7.90. The van der Waals surface area contributed by atoms with Crippen molar-refractivity contribution in [3.8, 4) is 17.3 Å². The number of imidazole rings is 1. The number of furan rings is 1. The smallest absolute Gasteiger partial charge is 0.259 e. The summed E-state index contributed by atoms with van der Waals surface area (Å²) in [7, 11) is -3.02. The Hall–Kier alpha value is -3.14. The first-order chi connectivity index (χ1) is 12.9. The lowest BCUT2D eigenvalue weighted by atomic mass is 10.3. The van der Waals surface area contributed by atoms with Crippen molar-refractivity contribution >= 4 is 26.5 Å². The molecule has 0 aliphatic rings. The Kier molecular flexibility index (Phi) is 4.19. The molecular weight excluding hydrogens is 372 g/mol. The zero-order chi connectivity index (χ0) is 19.0. The van der Waals surface area contributed by atoms with Crippen molar-refractivity contribution in [3.05, 3.63) is 47.0 Å². The third kappa shape index (κ3) is 3.56. The predicted octanol–water partition coefficient (Wildman–Crippen LogP) is 1.64. The van der Waals surface area contributed by atoms with Crippen molar-refractivity contribution in [2.45, 2.75) is 6.42 Å². The van der Waals surface area contributed by atoms with Gasteiger partial charge in [0.25, 0.3) is 5.56 Å². The van der Waals surface area contributed by atoms with Gasteiger partial charge in [0.2, 0.25) is 5.88 Å². The van der Waals surface area contributed by atoms with E-state index in [9.17, 15) is 13.2 Å². The SMILES string of the molecule is CS(=O)(=O)CCCOc1ccc2ncc(-c3cc4c(=O)[nH]ccc4o3)n2n1. The minimum Gasteiger partial charge on any atom is -0.477 e. The zero-order valence-corrected chi connectivity index (χ0v) is 15.2. The molecular formula is C17H16N4O5S. The van der Waals surface area contributed by atoms with E-state index in [2.05, 4.69) is 15.1 Å². The van der Waals surface area contributed by atoms with Crippen LogP contribution >= 0.6 is 0 Å². The summed E-state index contributed by atoms with van der Waals surface area (Å²) in [4.78, 5) is 18.8. The van der Waals surface area contributed by atoms with Crippen LogP contribution in [0.2, 0.25) is 0 Å². The van der Waals surface area contributed by atoms with Crippen LogP contribution in [0.3, 0.4) is 0 Å². The van der Waals surface area contributed by atoms with Crippen molar-refractivity contribution in [2.24, 2.45) is 0 Å². The van der Waals surface area contributed by atoms with E-state index in [4.69, 9.17) is 9.15 Å². The average molecular weight is 388 g/mol. The Morgan fingerprint density at radius 1 is 1.30 bits per heavy atom. The number of H-pyrrole nitrogens is 1. The van der Waals surface area contributed by atoms with Crippen LogP contribution in [-0.4, -0.2) is 46.6 Å². The van der Waals surface area contributed by atoms with Crippen molar-refractivity contribution in [1.29, 1.82) is 0 Å². The molecule has 4 aromatic rings. The van der Waals surface area contributed by atoms with Crippen molar-refractivity contribution in [2.75, 3.05) is 18.6 Å². The van der Waals surface area contributed by atoms with Crippen LogP contribution in [0.4, 0.5) is 0 Å². The number of fused-ring (bicyclic) bond motifs is 2. The number of rotatable bonds is 6. The molecule has 0 spiro atoms. The van der Waals surface area contributed by atoms with Crippen molar-refractivity contribution in [3.63, 3.8) is 0 Å². The summed E-state index contributed by atoms with van der Waals surface area (Å²) in [5, 5.41) is 4.82. The quantitative estimate of drug-likeness (QED) is 0.499. The molecule has 0 unspecified atom stereocenters. The van der Waals surface area contributed by atoms with Crippen LogP contribution in [0.15, 0.2) is 45.9 Å². The molecule has 0 bridgehead atoms. The van der Waals surface area contributed by atoms with Gasteiger partial charge in [-0.05, 0) is 24.6 Å². The predicted molar refractivity (Wildman–Crippen MR) is 98.6 cm³/mol. The zero-order valence-electron chi connectivity index (χ0n) is 14.4. The molecule has 27 heavy (non-hydrogen) atoms. The highest BCUT2D eigenvalue weighted by atomic mass is 32.2. The summed E-state index contributed by atoms with van der Waals surface area (Å²) in [6.45, 7) is 0.232. The number of aromatic amines is 1. The number of nitrogens with zero attached hydrogens (tertiary/aromatic N) is 3. The first-order valence-electron chi connectivity index (χ1n) is 8.18. The Balaban J connectivity index is 1.63. The first kappa shape index (κ1) is 17.3. The van der Waals surface area contributed by atoms with Crippen molar-refractivity contribution in [1.82, 2.24) is 19.6 Å². The molecule has 0 amide bonds. The third-order valence-corrected chi connectivity index (χ3v) is 4.98. The molecule has 0 fully saturated rings. The second kappa shape index (κ2) is 6.54. The van der Waals surface area contributed by atoms with Crippen LogP contribution in [0, 0.1) is 0 Å². The molecule has 0 atom stereocenters. The van der Waals surface area contributed by atoms with Crippen LogP contribution in [0.1, 0.15) is 6.42 Å². The van der Waals surface area contributed by atoms with E-state index in [0.29, 0.717) is 40.4 Å². The standard InChI is InChI=1S/C17H16N4O5S/c1-27(23,24)8-2-7-25-16-4-3-15-19-10-12(21(15)20-16)14-9-11-13(26-14)5-6-18-17(11)22/h3-6,9-10H,2,7-8H2,1H3,(H,18,22). The average Bonchev–Trinajstić information content (AvgIpc) is 3.22. The van der Waals surface area contributed by atoms with Crippen LogP contribution in [0.5, 0.6) is 5.88 Å². The fourth-order valence-corrected chi connectivity index (χ4v) is 3.34. The second-order valence-corrected chi connectivity index (χ2v) is 8.37. The topological polar surface area (TPSA) is 120 Å². The Bertz CT molecular complexity index is 1290. The van der Waals surface area contributed by atoms with Gasteiger partial charge in [0.1, 0.15) is 21.1 Å². The normalized spacial score (nSPS) is 12.0. The van der Waals surface area contributed by atoms with Gasteiger partial charge in [-0.15, -0.1) is 5.10 Å². The number of sulfone groups is 1. The number of nitrogens with one attached hydrogen (secondary N) is 1. The molecule has 0 radical (unpaired) electrons. The largest absolute Gasteiger partial charge is 0.477 e. The summed E-state index contributed by atoms with van der Waals surface area (Å²) >= 11 is 0. The summed E-state index contributed by atoms with van der Waals surface area (Å²) in [5.41, 5.74) is 1.39. The summed E-state index contributed by atoms with van der Waals surface area (Å²) in [5.74, 6) is 0.846. The van der Waals surface area contributed by atoms with Crippen LogP contribution in [0.25, 0.3) is 28.1 Å². The number of aromatic nitrogens is 4. The summed E-state index contributed by atoms with van der Waals surface area (Å²) in [6, 6.07) is 6.71. The highest BCUT2D eigenvalue weighted by Crippen LogP contribution is 2.26. The molecule has 0 saturated heterocycles. The highest BCUT2D eigenvalue weighted by Gasteiger charge is 2.14. The molecule has 4 heterocycles. The van der Waals surface area contributed by atoms with E-state index in [0.717, 1.165) is 0 Å². The molecule has 10 heteroatoms. The molecule has 1 N–H and O–H groups in total. The van der Waals surface area contributed by atoms with Gasteiger partial charge in [0.05, 0.1) is 23.9 Å². The number of ether oxygens (including phenoxy) is 1. The van der Waals surface area contributed by atoms with Gasteiger partial charge in [0, 0.05) is 18.5 Å². The molecule has 9 nitrogen and oxygen atoms in total. The summed E-state index contributed by atoms with van der Waals surface area (Å²) in [6.07, 6.45) is 4.68. The van der Waals surface area contributed by atoms with E-state index in [1.165, 1.54) is 12.5 Å². The van der Waals surface area contributed by atoms with E-state index in [-0.39, 0.29) is 17.9 Å². The maximum absolute atomic E-state index is 11.9. The molecule has 0 aliphatic heterocycles. The molecule has 0 aliphatic carbocycles. The minimum atomic E-state index is -3.02. The lowest BCUT2D eigenvalue weighted by Gasteiger charge is -2.05. The third-order valence-electron chi connectivity index (χ3n) is 3.95. The monoisotopic (exact) mass is 388 g/mol. The second-order valence-electron chi connectivity index (χ2n) is 6.11. The van der Waals surface area contributed by atoms with Gasteiger partial charge in [-0.3, -0.25) is 4.79 Å². The first-order valence-corrected chi connectivity index (χ1v) is 10.2. The maximum Gasteiger partial charge on any atom is 0.259 e. The van der Waals surface area contributed by atoms with Crippen LogP contribution < -0.4 is 10.3 Å². The van der Waals surface area contributed by atoms with E-state index in [1.807, 2.05) is 0 Å². The van der Waals surface area contributed by atoms with E-state index >= 15 is 0 Å². The number of pyridine rings is 1. The van der Waals surface area contributed by atoms with Gasteiger partial charge in [-0.25, -0.2) is 17.9 Å². The minimum absolute atomic E-state index is 0.0547. The molecule has 140 valence electrons. The molecule has 4 aromatic heterocycles. The number of hydrogen-bond acceptors (Lipinski definition) is 7. The lowest BCUT2D eigenvalue weighted by Crippen LogP contribution is -2.09. The Morgan fingerprint density at radius 3 is 2.93 bits per heavy atom. The Morgan fingerprint density at radius 2 is 2.15 bits per heavy atom. The number of hydrogen-bond donors (Lipinski definition) is 1. The maximum atomic E-state index is 11.9. The molecule has 0 saturated carbocycles. The van der Waals surface area contributed by atoms with Gasteiger partial charge < -0.3 is 14.1 Å². The van der Waals surface area contributed by atoms with Crippen molar-refractivity contribution < 1.29 is 17.6 Å². The van der Waals surface area contributed by atoms with Gasteiger partial charge in [-0.1, -0.05) is 0 Å². The lowest BCUT2D eigenvalue weighted by molar-refractivity contribution is 0.301. The van der Waals surface area contributed by atoms with Gasteiger partial charge in [-0.2, -0.15) is 0 Å². The fraction of sp³-hybridized carbons (Fsp3) is 0.235. The van der Waals surface area contributed by atoms with E-state index in [1.54, 1.807) is 35.0 Å². The van der Waals surface area contributed by atoms with Crippen LogP contribution in [-0.2, 0) is 9.84 Å². The summed E-state index contributed by atoms with van der Waals surface area (Å²) < 4.78 is 35.2. The Labute approximate surface area is 153 Å².